The number of carbonyl (C=O) groups excluding carboxylic acids is 3. The molecule has 2 aromatic rings. The number of benzene rings is 2. The highest BCUT2D eigenvalue weighted by Gasteiger charge is 2.49. The molecule has 166 valence electrons. The third-order valence-corrected chi connectivity index (χ3v) is 4.99. The molecule has 0 spiro atoms. The van der Waals surface area contributed by atoms with Crippen LogP contribution in [0.2, 0.25) is 0 Å². The summed E-state index contributed by atoms with van der Waals surface area (Å²) in [6.07, 6.45) is -5.49. The van der Waals surface area contributed by atoms with Crippen molar-refractivity contribution in [3.05, 3.63) is 59.9 Å². The van der Waals surface area contributed by atoms with Crippen molar-refractivity contribution in [2.45, 2.75) is 12.5 Å². The maximum atomic E-state index is 13.2. The van der Waals surface area contributed by atoms with E-state index in [0.29, 0.717) is 16.9 Å². The first kappa shape index (κ1) is 21.4. The minimum absolute atomic E-state index is 0.115. The maximum absolute atomic E-state index is 13.2. The Labute approximate surface area is 178 Å². The van der Waals surface area contributed by atoms with Gasteiger partial charge in [0, 0.05) is 29.6 Å². The monoisotopic (exact) mass is 450 g/mol. The Hall–Kier alpha value is -3.83. The first-order valence-electron chi connectivity index (χ1n) is 9.46. The zero-order valence-electron chi connectivity index (χ0n) is 16.3. The molecule has 0 aromatic heterocycles. The van der Waals surface area contributed by atoms with Crippen LogP contribution in [-0.2, 0) is 20.6 Å². The minimum atomic E-state index is -4.58. The Balaban J connectivity index is 1.53. The lowest BCUT2D eigenvalue weighted by molar-refractivity contribution is -0.509. The molecule has 1 unspecified atom stereocenters. The van der Waals surface area contributed by atoms with E-state index < -0.39 is 48.1 Å². The zero-order valence-corrected chi connectivity index (χ0v) is 16.3. The average Bonchev–Trinajstić information content (AvgIpc) is 3.16. The van der Waals surface area contributed by atoms with E-state index in [0.717, 1.165) is 18.2 Å². The van der Waals surface area contributed by atoms with Crippen LogP contribution in [0.4, 0.5) is 28.9 Å². The van der Waals surface area contributed by atoms with Gasteiger partial charge in [0.2, 0.25) is 0 Å². The number of rotatable bonds is 4. The molecule has 1 atom stereocenters. The number of amides is 3. The highest BCUT2D eigenvalue weighted by atomic mass is 19.4. The molecule has 1 saturated heterocycles. The fourth-order valence-electron chi connectivity index (χ4n) is 3.47. The molecule has 2 aliphatic heterocycles. The average molecular weight is 450 g/mol. The van der Waals surface area contributed by atoms with E-state index in [1.54, 1.807) is 4.90 Å². The van der Waals surface area contributed by atoms with Crippen molar-refractivity contribution < 1.29 is 36.6 Å². The predicted molar refractivity (Wildman–Crippen MR) is 102 cm³/mol. The van der Waals surface area contributed by atoms with Gasteiger partial charge >= 0.3 is 18.0 Å². The summed E-state index contributed by atoms with van der Waals surface area (Å²) in [6.45, 7) is -0.119. The largest absolute Gasteiger partial charge is 0.502 e. The second-order valence-corrected chi connectivity index (χ2v) is 7.12. The number of anilines is 2. The van der Waals surface area contributed by atoms with Crippen LogP contribution >= 0.6 is 0 Å². The number of nitrogens with one attached hydrogen (secondary N) is 1. The summed E-state index contributed by atoms with van der Waals surface area (Å²) in [4.78, 5) is 40.1. The van der Waals surface area contributed by atoms with Crippen LogP contribution in [0.3, 0.4) is 0 Å². The number of carbonyl (C=O) groups is 3. The van der Waals surface area contributed by atoms with Crippen molar-refractivity contribution in [1.82, 2.24) is 4.90 Å². The van der Waals surface area contributed by atoms with Gasteiger partial charge in [-0.05, 0) is 47.2 Å². The maximum Gasteiger partial charge on any atom is 0.502 e. The molecule has 2 aliphatic rings. The SMILES string of the molecule is O=C(C[N+]1=NC2N(CCN2c2ccc(F)cc2)C(=O)C1=O)Nc1cccc(C(F)(F)F)c1. The van der Waals surface area contributed by atoms with E-state index in [4.69, 9.17) is 0 Å². The Morgan fingerprint density at radius 2 is 1.78 bits per heavy atom. The Morgan fingerprint density at radius 1 is 1.09 bits per heavy atom. The number of nitrogens with zero attached hydrogens (tertiary/aromatic N) is 4. The summed E-state index contributed by atoms with van der Waals surface area (Å²) in [5, 5.41) is 6.45. The highest BCUT2D eigenvalue weighted by molar-refractivity contribution is 6.32. The number of fused-ring (bicyclic) bond motifs is 1. The summed E-state index contributed by atoms with van der Waals surface area (Å²) in [6, 6.07) is 9.50. The minimum Gasteiger partial charge on any atom is -0.326 e. The first-order valence-corrected chi connectivity index (χ1v) is 9.46. The second-order valence-electron chi connectivity index (χ2n) is 7.12. The van der Waals surface area contributed by atoms with E-state index >= 15 is 0 Å². The van der Waals surface area contributed by atoms with Gasteiger partial charge in [0.1, 0.15) is 5.82 Å². The van der Waals surface area contributed by atoms with Crippen LogP contribution in [0, 0.1) is 5.82 Å². The van der Waals surface area contributed by atoms with Gasteiger partial charge in [-0.15, -0.1) is 0 Å². The summed E-state index contributed by atoms with van der Waals surface area (Å²) in [5.41, 5.74) is -0.491. The molecular formula is C20H16F4N5O3+. The Bertz CT molecular complexity index is 1120. The van der Waals surface area contributed by atoms with Gasteiger partial charge in [-0.2, -0.15) is 13.2 Å². The third-order valence-electron chi connectivity index (χ3n) is 4.99. The van der Waals surface area contributed by atoms with E-state index in [1.807, 2.05) is 0 Å². The molecular weight excluding hydrogens is 434 g/mol. The van der Waals surface area contributed by atoms with Crippen molar-refractivity contribution >= 4 is 29.1 Å². The van der Waals surface area contributed by atoms with Crippen LogP contribution in [0.5, 0.6) is 0 Å². The smallest absolute Gasteiger partial charge is 0.326 e. The van der Waals surface area contributed by atoms with Crippen molar-refractivity contribution in [3.63, 3.8) is 0 Å². The van der Waals surface area contributed by atoms with Gasteiger partial charge in [0.05, 0.1) is 5.56 Å². The van der Waals surface area contributed by atoms with E-state index in [9.17, 15) is 31.9 Å². The molecule has 8 nitrogen and oxygen atoms in total. The number of azo groups is 2. The van der Waals surface area contributed by atoms with Gasteiger partial charge < -0.3 is 10.2 Å². The molecule has 3 amide bonds. The fourth-order valence-corrected chi connectivity index (χ4v) is 3.47. The van der Waals surface area contributed by atoms with Crippen LogP contribution in [0.1, 0.15) is 5.56 Å². The lowest BCUT2D eigenvalue weighted by atomic mass is 10.2. The molecule has 0 saturated carbocycles. The standard InChI is InChI=1S/C20H15F4N5O3/c21-13-4-6-15(7-5-13)27-8-9-28-17(31)18(32)29(26-19(27)28)11-16(30)25-14-3-1-2-12(10-14)20(22,23)24/h1-7,10,19H,8-9,11H2/p+1. The number of hydrogen-bond acceptors (Lipinski definition) is 5. The second kappa shape index (κ2) is 8.02. The molecule has 0 aliphatic carbocycles. The van der Waals surface area contributed by atoms with Crippen LogP contribution in [0.15, 0.2) is 53.6 Å². The lowest BCUT2D eigenvalue weighted by Gasteiger charge is -2.26. The van der Waals surface area contributed by atoms with Crippen LogP contribution < -0.4 is 10.2 Å². The van der Waals surface area contributed by atoms with E-state index in [-0.39, 0.29) is 12.2 Å². The molecule has 0 radical (unpaired) electrons. The predicted octanol–water partition coefficient (Wildman–Crippen LogP) is 2.42. The van der Waals surface area contributed by atoms with Crippen LogP contribution in [-0.4, -0.2) is 53.2 Å². The Morgan fingerprint density at radius 3 is 2.47 bits per heavy atom. The molecule has 1 N–H and O–H groups in total. The molecule has 12 heteroatoms. The number of hydrogen-bond donors (Lipinski definition) is 1. The van der Waals surface area contributed by atoms with Gasteiger partial charge in [-0.25, -0.2) is 9.18 Å². The van der Waals surface area contributed by atoms with Crippen molar-refractivity contribution in [3.8, 4) is 0 Å². The fraction of sp³-hybridized carbons (Fsp3) is 0.250. The van der Waals surface area contributed by atoms with Gasteiger partial charge in [-0.3, -0.25) is 14.5 Å². The first-order chi connectivity index (χ1) is 15.1. The van der Waals surface area contributed by atoms with Crippen LogP contribution in [0.25, 0.3) is 0 Å². The summed E-state index contributed by atoms with van der Waals surface area (Å²) in [5.74, 6) is -3.15. The zero-order chi connectivity index (χ0) is 23.0. The summed E-state index contributed by atoms with van der Waals surface area (Å²) in [7, 11) is 0. The summed E-state index contributed by atoms with van der Waals surface area (Å²) < 4.78 is 52.5. The Kier molecular flexibility index (Phi) is 5.36. The third kappa shape index (κ3) is 4.15. The van der Waals surface area contributed by atoms with Crippen molar-refractivity contribution in [2.75, 3.05) is 29.9 Å². The lowest BCUT2D eigenvalue weighted by Crippen LogP contribution is -2.52. The topological polar surface area (TPSA) is 85.1 Å². The molecule has 32 heavy (non-hydrogen) atoms. The van der Waals surface area contributed by atoms with E-state index in [1.165, 1.54) is 35.2 Å². The van der Waals surface area contributed by atoms with Crippen molar-refractivity contribution in [1.29, 1.82) is 0 Å². The van der Waals surface area contributed by atoms with Gasteiger partial charge in [-0.1, -0.05) is 6.07 Å². The number of alkyl halides is 3. The van der Waals surface area contributed by atoms with E-state index in [2.05, 4.69) is 10.4 Å². The number of halogens is 4. The van der Waals surface area contributed by atoms with Gasteiger partial charge in [0.15, 0.2) is 0 Å². The summed E-state index contributed by atoms with van der Waals surface area (Å²) >= 11 is 0. The molecule has 4 rings (SSSR count). The normalized spacial score (nSPS) is 18.5. The molecule has 1 fully saturated rings. The van der Waals surface area contributed by atoms with Crippen molar-refractivity contribution in [2.24, 2.45) is 5.11 Å². The van der Waals surface area contributed by atoms with Gasteiger partial charge in [0.25, 0.3) is 18.7 Å². The molecule has 2 heterocycles. The highest BCUT2D eigenvalue weighted by Crippen LogP contribution is 2.31. The molecule has 2 aromatic carbocycles. The quantitative estimate of drug-likeness (QED) is 0.441. The molecule has 0 bridgehead atoms.